The first kappa shape index (κ1) is 16.2. The Morgan fingerprint density at radius 2 is 2.19 bits per heavy atom. The molecule has 0 saturated carbocycles. The second-order valence-electron chi connectivity index (χ2n) is 4.21. The molecule has 1 unspecified atom stereocenters. The molecule has 1 heterocycles. The van der Waals surface area contributed by atoms with Gasteiger partial charge >= 0.3 is 0 Å². The monoisotopic (exact) mass is 270 g/mol. The van der Waals surface area contributed by atoms with Crippen LogP contribution >= 0.6 is 12.4 Å². The lowest BCUT2D eigenvalue weighted by Crippen LogP contribution is -2.33. The summed E-state index contributed by atoms with van der Waals surface area (Å²) in [4.78, 5) is 0. The van der Waals surface area contributed by atoms with Crippen molar-refractivity contribution in [2.75, 3.05) is 25.4 Å². The topological polar surface area (TPSA) is 58.2 Å². The van der Waals surface area contributed by atoms with E-state index in [1.807, 2.05) is 6.92 Å². The van der Waals surface area contributed by atoms with Gasteiger partial charge in [0.1, 0.15) is 0 Å². The van der Waals surface area contributed by atoms with Crippen molar-refractivity contribution in [1.29, 1.82) is 0 Å². The van der Waals surface area contributed by atoms with Gasteiger partial charge in [0, 0.05) is 6.54 Å². The number of sulfonamides is 1. The Labute approximate surface area is 105 Å². The van der Waals surface area contributed by atoms with Gasteiger partial charge in [-0.1, -0.05) is 6.92 Å². The van der Waals surface area contributed by atoms with E-state index in [0.717, 1.165) is 19.5 Å². The van der Waals surface area contributed by atoms with Crippen LogP contribution in [-0.4, -0.2) is 33.8 Å². The average Bonchev–Trinajstić information content (AvgIpc) is 2.19. The molecule has 1 aliphatic heterocycles. The highest BCUT2D eigenvalue weighted by molar-refractivity contribution is 7.89. The summed E-state index contributed by atoms with van der Waals surface area (Å²) in [5.74, 6) is 0.888. The lowest BCUT2D eigenvalue weighted by molar-refractivity contribution is 0.358. The number of rotatable bonds is 6. The zero-order valence-corrected chi connectivity index (χ0v) is 11.5. The minimum Gasteiger partial charge on any atom is -0.316 e. The third-order valence-corrected chi connectivity index (χ3v) is 4.34. The fraction of sp³-hybridized carbons (Fsp3) is 1.00. The molecule has 0 radical (unpaired) electrons. The lowest BCUT2D eigenvalue weighted by atomic mass is 9.96. The smallest absolute Gasteiger partial charge is 0.211 e. The van der Waals surface area contributed by atoms with Crippen molar-refractivity contribution in [3.63, 3.8) is 0 Å². The van der Waals surface area contributed by atoms with Crippen LogP contribution in [0.3, 0.4) is 0 Å². The Bertz CT molecular complexity index is 264. The standard InChI is InChI=1S/C10H22N2O2S.ClH/c1-2-8-15(13,14)12-7-5-10-4-3-6-11-9-10;/h10-12H,2-9H2,1H3;1H. The van der Waals surface area contributed by atoms with Crippen LogP contribution in [0, 0.1) is 5.92 Å². The maximum atomic E-state index is 11.3. The first-order chi connectivity index (χ1) is 7.14. The van der Waals surface area contributed by atoms with Crippen LogP contribution < -0.4 is 10.0 Å². The lowest BCUT2D eigenvalue weighted by Gasteiger charge is -2.22. The molecule has 4 nitrogen and oxygen atoms in total. The molecule has 1 fully saturated rings. The number of hydrogen-bond donors (Lipinski definition) is 2. The van der Waals surface area contributed by atoms with Crippen LogP contribution in [0.15, 0.2) is 0 Å². The normalized spacial score (nSPS) is 21.4. The SMILES string of the molecule is CCCS(=O)(=O)NCCC1CCCNC1.Cl. The zero-order valence-electron chi connectivity index (χ0n) is 9.87. The van der Waals surface area contributed by atoms with Gasteiger partial charge in [0.05, 0.1) is 5.75 Å². The number of hydrogen-bond acceptors (Lipinski definition) is 3. The number of piperidine rings is 1. The molecule has 0 amide bonds. The van der Waals surface area contributed by atoms with Gasteiger partial charge in [-0.2, -0.15) is 0 Å². The molecular formula is C10H23ClN2O2S. The van der Waals surface area contributed by atoms with E-state index in [1.165, 1.54) is 12.8 Å². The summed E-state index contributed by atoms with van der Waals surface area (Å²) in [6.45, 7) is 4.62. The Kier molecular flexibility index (Phi) is 8.36. The van der Waals surface area contributed by atoms with Gasteiger partial charge in [-0.15, -0.1) is 12.4 Å². The summed E-state index contributed by atoms with van der Waals surface area (Å²) in [6, 6.07) is 0. The second-order valence-corrected chi connectivity index (χ2v) is 6.14. The highest BCUT2D eigenvalue weighted by Crippen LogP contribution is 2.12. The van der Waals surface area contributed by atoms with Crippen molar-refractivity contribution >= 4 is 22.4 Å². The Morgan fingerprint density at radius 3 is 2.75 bits per heavy atom. The minimum atomic E-state index is -3.00. The van der Waals surface area contributed by atoms with Crippen molar-refractivity contribution in [3.05, 3.63) is 0 Å². The Balaban J connectivity index is 0.00000225. The highest BCUT2D eigenvalue weighted by Gasteiger charge is 2.14. The van der Waals surface area contributed by atoms with Crippen LogP contribution in [0.1, 0.15) is 32.6 Å². The predicted octanol–water partition coefficient (Wildman–Crippen LogP) is 1.13. The molecule has 1 atom stereocenters. The van der Waals surface area contributed by atoms with E-state index in [4.69, 9.17) is 0 Å². The fourth-order valence-electron chi connectivity index (χ4n) is 1.93. The quantitative estimate of drug-likeness (QED) is 0.761. The largest absolute Gasteiger partial charge is 0.316 e. The fourth-order valence-corrected chi connectivity index (χ4v) is 3.04. The van der Waals surface area contributed by atoms with Crippen LogP contribution in [0.5, 0.6) is 0 Å². The summed E-state index contributed by atoms with van der Waals surface area (Å²) in [5.41, 5.74) is 0. The van der Waals surface area contributed by atoms with Crippen molar-refractivity contribution in [3.8, 4) is 0 Å². The molecule has 0 spiro atoms. The molecule has 0 aliphatic carbocycles. The van der Waals surface area contributed by atoms with Gasteiger partial charge in [0.2, 0.25) is 10.0 Å². The zero-order chi connectivity index (χ0) is 11.1. The Morgan fingerprint density at radius 1 is 1.44 bits per heavy atom. The first-order valence-electron chi connectivity index (χ1n) is 5.82. The first-order valence-corrected chi connectivity index (χ1v) is 7.47. The summed E-state index contributed by atoms with van der Waals surface area (Å²) in [7, 11) is -3.00. The molecule has 6 heteroatoms. The molecular weight excluding hydrogens is 248 g/mol. The third kappa shape index (κ3) is 6.68. The van der Waals surface area contributed by atoms with Gasteiger partial charge in [-0.05, 0) is 44.7 Å². The molecule has 0 aromatic carbocycles. The average molecular weight is 271 g/mol. The van der Waals surface area contributed by atoms with E-state index in [-0.39, 0.29) is 18.2 Å². The molecule has 0 aromatic rings. The minimum absolute atomic E-state index is 0. The van der Waals surface area contributed by atoms with E-state index in [0.29, 0.717) is 18.9 Å². The molecule has 0 bridgehead atoms. The van der Waals surface area contributed by atoms with Crippen LogP contribution in [0.4, 0.5) is 0 Å². The van der Waals surface area contributed by atoms with Crippen LogP contribution in [-0.2, 0) is 10.0 Å². The van der Waals surface area contributed by atoms with Gasteiger partial charge in [0.15, 0.2) is 0 Å². The van der Waals surface area contributed by atoms with Crippen molar-refractivity contribution in [2.45, 2.75) is 32.6 Å². The van der Waals surface area contributed by atoms with E-state index >= 15 is 0 Å². The predicted molar refractivity (Wildman–Crippen MR) is 69.5 cm³/mol. The molecule has 16 heavy (non-hydrogen) atoms. The molecule has 1 rings (SSSR count). The molecule has 0 aromatic heterocycles. The van der Waals surface area contributed by atoms with Crippen molar-refractivity contribution in [1.82, 2.24) is 10.0 Å². The Hall–Kier alpha value is 0.160. The molecule has 1 saturated heterocycles. The molecule has 98 valence electrons. The van der Waals surface area contributed by atoms with Gasteiger partial charge < -0.3 is 5.32 Å². The van der Waals surface area contributed by atoms with E-state index in [9.17, 15) is 8.42 Å². The van der Waals surface area contributed by atoms with Crippen LogP contribution in [0.2, 0.25) is 0 Å². The van der Waals surface area contributed by atoms with E-state index < -0.39 is 10.0 Å². The number of nitrogens with one attached hydrogen (secondary N) is 2. The van der Waals surface area contributed by atoms with Crippen LogP contribution in [0.25, 0.3) is 0 Å². The second kappa shape index (κ2) is 8.28. The maximum Gasteiger partial charge on any atom is 0.211 e. The van der Waals surface area contributed by atoms with Crippen molar-refractivity contribution in [2.24, 2.45) is 5.92 Å². The van der Waals surface area contributed by atoms with Crippen molar-refractivity contribution < 1.29 is 8.42 Å². The maximum absolute atomic E-state index is 11.3. The van der Waals surface area contributed by atoms with Gasteiger partial charge in [-0.25, -0.2) is 13.1 Å². The molecule has 2 N–H and O–H groups in total. The number of halogens is 1. The summed E-state index contributed by atoms with van der Waals surface area (Å²) in [6.07, 6.45) is 4.07. The third-order valence-electron chi connectivity index (χ3n) is 2.75. The van der Waals surface area contributed by atoms with Gasteiger partial charge in [0.25, 0.3) is 0 Å². The highest BCUT2D eigenvalue weighted by atomic mass is 35.5. The molecule has 1 aliphatic rings. The van der Waals surface area contributed by atoms with E-state index in [1.54, 1.807) is 0 Å². The summed E-state index contributed by atoms with van der Waals surface area (Å²) >= 11 is 0. The van der Waals surface area contributed by atoms with Gasteiger partial charge in [-0.3, -0.25) is 0 Å². The summed E-state index contributed by atoms with van der Waals surface area (Å²) < 4.78 is 25.3. The summed E-state index contributed by atoms with van der Waals surface area (Å²) in [5, 5.41) is 3.33. The van der Waals surface area contributed by atoms with E-state index in [2.05, 4.69) is 10.0 Å².